The Kier molecular flexibility index (Phi) is 5.05. The van der Waals surface area contributed by atoms with Gasteiger partial charge < -0.3 is 20.3 Å². The standard InChI is InChI=1S/C13H16N2O5S/c16-12(10-6-9(7-14-10)21(19)20)15-11(13(17)18)8-4-2-1-3-5-8/h1-5,9-11,14H,6-7H2,(H,15,16)(H,17,18)(H,19,20). The fourth-order valence-electron chi connectivity index (χ4n) is 2.23. The highest BCUT2D eigenvalue weighted by molar-refractivity contribution is 7.79. The van der Waals surface area contributed by atoms with Gasteiger partial charge in [0.05, 0.1) is 11.3 Å². The van der Waals surface area contributed by atoms with Gasteiger partial charge in [0.2, 0.25) is 5.91 Å². The van der Waals surface area contributed by atoms with E-state index in [0.717, 1.165) is 0 Å². The van der Waals surface area contributed by atoms with Crippen LogP contribution in [0.4, 0.5) is 0 Å². The molecule has 4 unspecified atom stereocenters. The van der Waals surface area contributed by atoms with Crippen LogP contribution in [0.5, 0.6) is 0 Å². The summed E-state index contributed by atoms with van der Waals surface area (Å²) in [7, 11) is 0. The summed E-state index contributed by atoms with van der Waals surface area (Å²) in [5.74, 6) is -1.64. The number of hydrogen-bond donors (Lipinski definition) is 4. The van der Waals surface area contributed by atoms with Crippen molar-refractivity contribution in [2.24, 2.45) is 0 Å². The zero-order chi connectivity index (χ0) is 15.4. The summed E-state index contributed by atoms with van der Waals surface area (Å²) >= 11 is -1.99. The van der Waals surface area contributed by atoms with Crippen LogP contribution in [0.15, 0.2) is 30.3 Å². The van der Waals surface area contributed by atoms with Crippen LogP contribution in [-0.4, -0.2) is 43.6 Å². The predicted octanol–water partition coefficient (Wildman–Crippen LogP) is -0.119. The average Bonchev–Trinajstić information content (AvgIpc) is 2.95. The number of carbonyl (C=O) groups is 2. The lowest BCUT2D eigenvalue weighted by Gasteiger charge is -2.17. The van der Waals surface area contributed by atoms with Crippen molar-refractivity contribution >= 4 is 23.0 Å². The Labute approximate surface area is 124 Å². The first-order valence-electron chi connectivity index (χ1n) is 6.40. The Morgan fingerprint density at radius 2 is 2.00 bits per heavy atom. The lowest BCUT2D eigenvalue weighted by molar-refractivity contribution is -0.142. The van der Waals surface area contributed by atoms with Crippen molar-refractivity contribution < 1.29 is 23.5 Å². The first-order chi connectivity index (χ1) is 9.99. The van der Waals surface area contributed by atoms with Gasteiger partial charge in [0.1, 0.15) is 0 Å². The summed E-state index contributed by atoms with van der Waals surface area (Å²) in [6, 6.07) is 6.58. The molecule has 7 nitrogen and oxygen atoms in total. The molecule has 1 saturated heterocycles. The second kappa shape index (κ2) is 6.79. The van der Waals surface area contributed by atoms with E-state index in [0.29, 0.717) is 5.56 Å². The number of carboxylic acid groups (broad SMARTS) is 1. The maximum Gasteiger partial charge on any atom is 0.330 e. The number of amides is 1. The minimum Gasteiger partial charge on any atom is -0.479 e. The molecule has 0 spiro atoms. The highest BCUT2D eigenvalue weighted by Gasteiger charge is 2.34. The zero-order valence-electron chi connectivity index (χ0n) is 11.1. The second-order valence-electron chi connectivity index (χ2n) is 4.79. The van der Waals surface area contributed by atoms with Crippen LogP contribution in [0.2, 0.25) is 0 Å². The van der Waals surface area contributed by atoms with Gasteiger partial charge in [0.15, 0.2) is 17.1 Å². The molecular weight excluding hydrogens is 296 g/mol. The molecule has 1 heterocycles. The van der Waals surface area contributed by atoms with E-state index >= 15 is 0 Å². The van der Waals surface area contributed by atoms with E-state index in [4.69, 9.17) is 4.55 Å². The zero-order valence-corrected chi connectivity index (χ0v) is 11.9. The van der Waals surface area contributed by atoms with E-state index in [9.17, 15) is 18.9 Å². The van der Waals surface area contributed by atoms with E-state index < -0.39 is 40.3 Å². The molecule has 114 valence electrons. The van der Waals surface area contributed by atoms with Gasteiger partial charge in [-0.15, -0.1) is 0 Å². The Bertz CT molecular complexity index is 551. The van der Waals surface area contributed by atoms with Crippen LogP contribution in [0, 0.1) is 0 Å². The fraction of sp³-hybridized carbons (Fsp3) is 0.385. The molecule has 2 rings (SSSR count). The van der Waals surface area contributed by atoms with Crippen molar-refractivity contribution in [3.05, 3.63) is 35.9 Å². The van der Waals surface area contributed by atoms with Crippen molar-refractivity contribution in [1.82, 2.24) is 10.6 Å². The van der Waals surface area contributed by atoms with Gasteiger partial charge in [-0.25, -0.2) is 9.00 Å². The molecule has 1 aromatic carbocycles. The Balaban J connectivity index is 2.03. The number of hydrogen-bond acceptors (Lipinski definition) is 4. The maximum atomic E-state index is 12.1. The maximum absolute atomic E-state index is 12.1. The van der Waals surface area contributed by atoms with Crippen LogP contribution in [0.3, 0.4) is 0 Å². The minimum absolute atomic E-state index is 0.204. The number of aliphatic carboxylic acids is 1. The third-order valence-corrected chi connectivity index (χ3v) is 4.29. The van der Waals surface area contributed by atoms with Gasteiger partial charge in [-0.05, 0) is 12.0 Å². The second-order valence-corrected chi connectivity index (χ2v) is 6.00. The number of nitrogens with one attached hydrogen (secondary N) is 2. The molecule has 1 aliphatic rings. The van der Waals surface area contributed by atoms with E-state index in [1.165, 1.54) is 0 Å². The summed E-state index contributed by atoms with van der Waals surface area (Å²) < 4.78 is 20.0. The Morgan fingerprint density at radius 3 is 2.52 bits per heavy atom. The van der Waals surface area contributed by atoms with E-state index in [2.05, 4.69) is 10.6 Å². The molecule has 1 aliphatic heterocycles. The van der Waals surface area contributed by atoms with Crippen molar-refractivity contribution in [2.75, 3.05) is 6.54 Å². The summed E-state index contributed by atoms with van der Waals surface area (Å²) in [4.78, 5) is 23.4. The molecule has 0 aromatic heterocycles. The monoisotopic (exact) mass is 312 g/mol. The molecular formula is C13H16N2O5S. The van der Waals surface area contributed by atoms with Crippen LogP contribution < -0.4 is 10.6 Å². The smallest absolute Gasteiger partial charge is 0.330 e. The topological polar surface area (TPSA) is 116 Å². The van der Waals surface area contributed by atoms with Gasteiger partial charge in [-0.3, -0.25) is 4.79 Å². The van der Waals surface area contributed by atoms with Crippen LogP contribution in [0.1, 0.15) is 18.0 Å². The third-order valence-electron chi connectivity index (χ3n) is 3.36. The molecule has 0 saturated carbocycles. The summed E-state index contributed by atoms with van der Waals surface area (Å²) in [5, 5.41) is 14.0. The highest BCUT2D eigenvalue weighted by Crippen LogP contribution is 2.16. The fourth-order valence-corrected chi connectivity index (χ4v) is 2.83. The summed E-state index contributed by atoms with van der Waals surface area (Å²) in [6.45, 7) is 0.254. The van der Waals surface area contributed by atoms with E-state index in [1.807, 2.05) is 0 Å². The van der Waals surface area contributed by atoms with Crippen LogP contribution in [-0.2, 0) is 20.7 Å². The van der Waals surface area contributed by atoms with E-state index in [-0.39, 0.29) is 13.0 Å². The SMILES string of the molecule is O=C(NC(C(=O)O)c1ccccc1)C1CC(S(=O)O)CN1. The molecule has 4 N–H and O–H groups in total. The van der Waals surface area contributed by atoms with Crippen molar-refractivity contribution in [3.8, 4) is 0 Å². The number of carbonyl (C=O) groups excluding carboxylic acids is 1. The molecule has 0 bridgehead atoms. The van der Waals surface area contributed by atoms with Crippen LogP contribution in [0.25, 0.3) is 0 Å². The predicted molar refractivity (Wildman–Crippen MR) is 75.9 cm³/mol. The third kappa shape index (κ3) is 3.87. The Morgan fingerprint density at radius 1 is 1.33 bits per heavy atom. The van der Waals surface area contributed by atoms with E-state index in [1.54, 1.807) is 30.3 Å². The van der Waals surface area contributed by atoms with Crippen LogP contribution >= 0.6 is 0 Å². The lowest BCUT2D eigenvalue weighted by Crippen LogP contribution is -2.44. The van der Waals surface area contributed by atoms with Crippen molar-refractivity contribution in [3.63, 3.8) is 0 Å². The molecule has 0 aliphatic carbocycles. The average molecular weight is 312 g/mol. The largest absolute Gasteiger partial charge is 0.479 e. The minimum atomic E-state index is -1.99. The number of rotatable bonds is 5. The number of carboxylic acids is 1. The van der Waals surface area contributed by atoms with Gasteiger partial charge in [0, 0.05) is 6.54 Å². The molecule has 0 radical (unpaired) electrons. The molecule has 21 heavy (non-hydrogen) atoms. The Hall–Kier alpha value is -1.77. The number of benzene rings is 1. The quantitative estimate of drug-likeness (QED) is 0.563. The van der Waals surface area contributed by atoms with Gasteiger partial charge in [0.25, 0.3) is 0 Å². The molecule has 1 aromatic rings. The molecule has 8 heteroatoms. The van der Waals surface area contributed by atoms with Crippen molar-refractivity contribution in [1.29, 1.82) is 0 Å². The highest BCUT2D eigenvalue weighted by atomic mass is 32.2. The van der Waals surface area contributed by atoms with Gasteiger partial charge in [-0.1, -0.05) is 30.3 Å². The summed E-state index contributed by atoms with van der Waals surface area (Å²) in [5.41, 5.74) is 0.471. The van der Waals surface area contributed by atoms with Crippen molar-refractivity contribution in [2.45, 2.75) is 23.8 Å². The molecule has 4 atom stereocenters. The first-order valence-corrected chi connectivity index (χ1v) is 7.57. The molecule has 1 fully saturated rings. The van der Waals surface area contributed by atoms with Gasteiger partial charge >= 0.3 is 5.97 Å². The lowest BCUT2D eigenvalue weighted by atomic mass is 10.1. The van der Waals surface area contributed by atoms with Gasteiger partial charge in [-0.2, -0.15) is 0 Å². The summed E-state index contributed by atoms with van der Waals surface area (Å²) in [6.07, 6.45) is 0.204. The first kappa shape index (κ1) is 15.6. The molecule has 1 amide bonds. The normalized spacial score (nSPS) is 24.2.